The van der Waals surface area contributed by atoms with Crippen LogP contribution < -0.4 is 10.1 Å². The number of nitro benzene ring substituents is 1. The van der Waals surface area contributed by atoms with Gasteiger partial charge in [0.25, 0.3) is 11.6 Å². The fourth-order valence-corrected chi connectivity index (χ4v) is 2.14. The van der Waals surface area contributed by atoms with Gasteiger partial charge in [-0.15, -0.1) is 0 Å². The lowest BCUT2D eigenvalue weighted by Gasteiger charge is -2.07. The molecule has 0 aliphatic rings. The van der Waals surface area contributed by atoms with E-state index in [9.17, 15) is 19.7 Å². The molecule has 8 nitrogen and oxygen atoms in total. The Bertz CT molecular complexity index is 846. The molecule has 0 unspecified atom stereocenters. The molecule has 0 bridgehead atoms. The highest BCUT2D eigenvalue weighted by atomic mass is 16.6. The van der Waals surface area contributed by atoms with E-state index in [2.05, 4.69) is 5.32 Å². The molecule has 0 spiro atoms. The van der Waals surface area contributed by atoms with Crippen LogP contribution in [0.1, 0.15) is 12.5 Å². The molecular formula is C19H18N2O6. The van der Waals surface area contributed by atoms with Gasteiger partial charge in [0, 0.05) is 17.8 Å². The number of carbonyl (C=O) groups excluding carboxylic acids is 2. The number of anilines is 1. The summed E-state index contributed by atoms with van der Waals surface area (Å²) in [5.74, 6) is -0.608. The molecule has 140 valence electrons. The zero-order valence-electron chi connectivity index (χ0n) is 14.6. The first-order valence-corrected chi connectivity index (χ1v) is 8.10. The molecular weight excluding hydrogens is 352 g/mol. The third kappa shape index (κ3) is 6.28. The third-order valence-corrected chi connectivity index (χ3v) is 3.33. The van der Waals surface area contributed by atoms with Crippen molar-refractivity contribution in [3.63, 3.8) is 0 Å². The van der Waals surface area contributed by atoms with Gasteiger partial charge in [-0.25, -0.2) is 4.79 Å². The first-order chi connectivity index (χ1) is 13.0. The molecule has 8 heteroatoms. The van der Waals surface area contributed by atoms with Crippen molar-refractivity contribution in [1.29, 1.82) is 0 Å². The number of nitrogens with zero attached hydrogens (tertiary/aromatic N) is 1. The molecule has 0 saturated heterocycles. The van der Waals surface area contributed by atoms with Crippen LogP contribution in [0.3, 0.4) is 0 Å². The summed E-state index contributed by atoms with van der Waals surface area (Å²) < 4.78 is 10.1. The summed E-state index contributed by atoms with van der Waals surface area (Å²) in [5.41, 5.74) is 0.669. The predicted octanol–water partition coefficient (Wildman–Crippen LogP) is 3.19. The van der Waals surface area contributed by atoms with Crippen LogP contribution in [0.25, 0.3) is 6.08 Å². The standard InChI is InChI=1S/C19H18N2O6/c1-2-26-16-10-8-15(9-11-16)20-18(22)13-27-19(23)12-7-14-5-3-4-6-17(14)21(24)25/h3-12H,2,13H2,1H3,(H,20,22)/b12-7+. The van der Waals surface area contributed by atoms with Gasteiger partial charge in [-0.1, -0.05) is 12.1 Å². The van der Waals surface area contributed by atoms with E-state index >= 15 is 0 Å². The van der Waals surface area contributed by atoms with Gasteiger partial charge < -0.3 is 14.8 Å². The number of hydrogen-bond donors (Lipinski definition) is 1. The number of rotatable bonds is 8. The van der Waals surface area contributed by atoms with Crippen molar-refractivity contribution in [2.45, 2.75) is 6.92 Å². The van der Waals surface area contributed by atoms with E-state index in [1.54, 1.807) is 30.3 Å². The highest BCUT2D eigenvalue weighted by Crippen LogP contribution is 2.19. The Morgan fingerprint density at radius 2 is 1.85 bits per heavy atom. The molecule has 0 radical (unpaired) electrons. The zero-order chi connectivity index (χ0) is 19.6. The number of nitrogens with one attached hydrogen (secondary N) is 1. The van der Waals surface area contributed by atoms with Gasteiger partial charge >= 0.3 is 5.97 Å². The molecule has 0 heterocycles. The Labute approximate surface area is 155 Å². The maximum atomic E-state index is 11.8. The number of esters is 1. The van der Waals surface area contributed by atoms with E-state index in [1.807, 2.05) is 6.92 Å². The molecule has 2 aromatic carbocycles. The molecule has 1 N–H and O–H groups in total. The Balaban J connectivity index is 1.84. The second kappa shape index (κ2) is 9.71. The molecule has 2 rings (SSSR count). The first kappa shape index (κ1) is 19.6. The van der Waals surface area contributed by atoms with Crippen molar-refractivity contribution in [3.8, 4) is 5.75 Å². The molecule has 2 aromatic rings. The summed E-state index contributed by atoms with van der Waals surface area (Å²) in [6.45, 7) is 1.93. The van der Waals surface area contributed by atoms with Crippen molar-refractivity contribution in [2.24, 2.45) is 0 Å². The van der Waals surface area contributed by atoms with Gasteiger partial charge in [-0.3, -0.25) is 14.9 Å². The lowest BCUT2D eigenvalue weighted by molar-refractivity contribution is -0.385. The fraction of sp³-hybridized carbons (Fsp3) is 0.158. The summed E-state index contributed by atoms with van der Waals surface area (Å²) in [4.78, 5) is 33.9. The molecule has 27 heavy (non-hydrogen) atoms. The second-order valence-corrected chi connectivity index (χ2v) is 5.26. The maximum absolute atomic E-state index is 11.8. The van der Waals surface area contributed by atoms with Crippen molar-refractivity contribution in [1.82, 2.24) is 0 Å². The molecule has 0 aliphatic heterocycles. The Hall–Kier alpha value is -3.68. The lowest BCUT2D eigenvalue weighted by Crippen LogP contribution is -2.20. The van der Waals surface area contributed by atoms with Gasteiger partial charge in [0.2, 0.25) is 0 Å². The largest absolute Gasteiger partial charge is 0.494 e. The number of amides is 1. The molecule has 0 atom stereocenters. The fourth-order valence-electron chi connectivity index (χ4n) is 2.14. The minimum absolute atomic E-state index is 0.130. The van der Waals surface area contributed by atoms with E-state index in [1.165, 1.54) is 24.3 Å². The van der Waals surface area contributed by atoms with Crippen LogP contribution in [0.2, 0.25) is 0 Å². The van der Waals surface area contributed by atoms with Gasteiger partial charge in [0.1, 0.15) is 5.75 Å². The van der Waals surface area contributed by atoms with E-state index < -0.39 is 23.4 Å². The Kier molecular flexibility index (Phi) is 7.07. The summed E-state index contributed by atoms with van der Waals surface area (Å²) in [5, 5.41) is 13.5. The number of benzene rings is 2. The van der Waals surface area contributed by atoms with Crippen LogP contribution in [0.15, 0.2) is 54.6 Å². The molecule has 0 aromatic heterocycles. The van der Waals surface area contributed by atoms with Crippen LogP contribution in [-0.4, -0.2) is 30.0 Å². The summed E-state index contributed by atoms with van der Waals surface area (Å²) >= 11 is 0. The van der Waals surface area contributed by atoms with E-state index in [0.29, 0.717) is 18.0 Å². The summed E-state index contributed by atoms with van der Waals surface area (Å²) in [7, 11) is 0. The first-order valence-electron chi connectivity index (χ1n) is 8.10. The quantitative estimate of drug-likeness (QED) is 0.331. The predicted molar refractivity (Wildman–Crippen MR) is 99.3 cm³/mol. The van der Waals surface area contributed by atoms with E-state index in [0.717, 1.165) is 6.08 Å². The summed E-state index contributed by atoms with van der Waals surface area (Å²) in [6.07, 6.45) is 2.30. The van der Waals surface area contributed by atoms with Crippen LogP contribution >= 0.6 is 0 Å². The third-order valence-electron chi connectivity index (χ3n) is 3.33. The zero-order valence-corrected chi connectivity index (χ0v) is 14.6. The van der Waals surface area contributed by atoms with Crippen molar-refractivity contribution < 1.29 is 24.0 Å². The van der Waals surface area contributed by atoms with Crippen molar-refractivity contribution >= 4 is 29.3 Å². The monoisotopic (exact) mass is 370 g/mol. The minimum atomic E-state index is -0.782. The van der Waals surface area contributed by atoms with E-state index in [4.69, 9.17) is 9.47 Å². The van der Waals surface area contributed by atoms with Crippen LogP contribution in [0, 0.1) is 10.1 Å². The molecule has 0 fully saturated rings. The molecule has 0 saturated carbocycles. The van der Waals surface area contributed by atoms with Crippen LogP contribution in [0.5, 0.6) is 5.75 Å². The van der Waals surface area contributed by atoms with Gasteiger partial charge in [-0.2, -0.15) is 0 Å². The topological polar surface area (TPSA) is 108 Å². The molecule has 0 aliphatic carbocycles. The normalized spacial score (nSPS) is 10.4. The van der Waals surface area contributed by atoms with Crippen molar-refractivity contribution in [3.05, 3.63) is 70.3 Å². The average molecular weight is 370 g/mol. The van der Waals surface area contributed by atoms with E-state index in [-0.39, 0.29) is 11.3 Å². The maximum Gasteiger partial charge on any atom is 0.331 e. The molecule has 1 amide bonds. The lowest BCUT2D eigenvalue weighted by atomic mass is 10.1. The summed E-state index contributed by atoms with van der Waals surface area (Å²) in [6, 6.07) is 12.7. The van der Waals surface area contributed by atoms with Gasteiger partial charge in [0.15, 0.2) is 6.61 Å². The number of carbonyl (C=O) groups is 2. The minimum Gasteiger partial charge on any atom is -0.494 e. The number of para-hydroxylation sites is 1. The van der Waals surface area contributed by atoms with Crippen LogP contribution in [-0.2, 0) is 14.3 Å². The number of nitro groups is 1. The highest BCUT2D eigenvalue weighted by molar-refractivity contribution is 5.94. The second-order valence-electron chi connectivity index (χ2n) is 5.26. The SMILES string of the molecule is CCOc1ccc(NC(=O)COC(=O)/C=C/c2ccccc2[N+](=O)[O-])cc1. The number of ether oxygens (including phenoxy) is 2. The number of hydrogen-bond acceptors (Lipinski definition) is 6. The Morgan fingerprint density at radius 1 is 1.15 bits per heavy atom. The van der Waals surface area contributed by atoms with Gasteiger partial charge in [0.05, 0.1) is 17.1 Å². The average Bonchev–Trinajstić information content (AvgIpc) is 2.66. The smallest absolute Gasteiger partial charge is 0.331 e. The van der Waals surface area contributed by atoms with Gasteiger partial charge in [-0.05, 0) is 43.3 Å². The van der Waals surface area contributed by atoms with Crippen molar-refractivity contribution in [2.75, 3.05) is 18.5 Å². The van der Waals surface area contributed by atoms with Crippen LogP contribution in [0.4, 0.5) is 11.4 Å². The highest BCUT2D eigenvalue weighted by Gasteiger charge is 2.10. The Morgan fingerprint density at radius 3 is 2.52 bits per heavy atom.